The van der Waals surface area contributed by atoms with Crippen molar-refractivity contribution < 1.29 is 22.7 Å². The van der Waals surface area contributed by atoms with E-state index in [1.807, 2.05) is 18.9 Å². The molecular weight excluding hydrogens is 432 g/mol. The molecule has 1 N–H and O–H groups in total. The van der Waals surface area contributed by atoms with Crippen molar-refractivity contribution in [3.8, 4) is 5.75 Å². The van der Waals surface area contributed by atoms with Gasteiger partial charge in [0.1, 0.15) is 5.75 Å². The molecule has 176 valence electrons. The van der Waals surface area contributed by atoms with Crippen LogP contribution in [0.15, 0.2) is 17.0 Å². The van der Waals surface area contributed by atoms with Crippen LogP contribution in [-0.4, -0.2) is 86.8 Å². The molecule has 2 fully saturated rings. The molecule has 32 heavy (non-hydrogen) atoms. The highest BCUT2D eigenvalue weighted by molar-refractivity contribution is 7.89. The summed E-state index contributed by atoms with van der Waals surface area (Å²) >= 11 is 0. The van der Waals surface area contributed by atoms with Gasteiger partial charge in [0, 0.05) is 45.3 Å². The third kappa shape index (κ3) is 4.35. The lowest BCUT2D eigenvalue weighted by atomic mass is 9.98. The fourth-order valence-corrected chi connectivity index (χ4v) is 6.36. The van der Waals surface area contributed by atoms with E-state index < -0.39 is 16.1 Å². The van der Waals surface area contributed by atoms with Crippen molar-refractivity contribution >= 4 is 27.5 Å². The first-order valence-electron chi connectivity index (χ1n) is 11.3. The summed E-state index contributed by atoms with van der Waals surface area (Å²) in [4.78, 5) is 29.3. The van der Waals surface area contributed by atoms with E-state index in [-0.39, 0.29) is 29.2 Å². The minimum Gasteiger partial charge on any atom is -0.478 e. The Bertz CT molecular complexity index is 1000. The number of hydrogen-bond donors (Lipinski definition) is 1. The molecule has 3 heterocycles. The van der Waals surface area contributed by atoms with Crippen LogP contribution in [0.2, 0.25) is 0 Å². The van der Waals surface area contributed by atoms with Gasteiger partial charge in [0.05, 0.1) is 16.5 Å². The predicted molar refractivity (Wildman–Crippen MR) is 120 cm³/mol. The van der Waals surface area contributed by atoms with Crippen LogP contribution in [0.25, 0.3) is 0 Å². The Labute approximate surface area is 189 Å². The largest absolute Gasteiger partial charge is 0.478 e. The molecule has 0 spiro atoms. The molecule has 3 aliphatic rings. The van der Waals surface area contributed by atoms with Crippen LogP contribution in [-0.2, 0) is 19.6 Å². The van der Waals surface area contributed by atoms with E-state index in [0.717, 1.165) is 13.1 Å². The quantitative estimate of drug-likeness (QED) is 0.721. The SMILES string of the molecule is CC[C@H]1Oc2cc(S(=O)(=O)N3CCC[C@@H](C(=O)N4CCN(C)CC4)C3)c(C)cc2NC1=O. The zero-order chi connectivity index (χ0) is 23.0. The molecule has 2 atom stereocenters. The summed E-state index contributed by atoms with van der Waals surface area (Å²) in [6, 6.07) is 3.15. The van der Waals surface area contributed by atoms with Gasteiger partial charge in [-0.25, -0.2) is 8.42 Å². The average molecular weight is 465 g/mol. The molecule has 0 unspecified atom stereocenters. The van der Waals surface area contributed by atoms with Gasteiger partial charge in [-0.2, -0.15) is 4.31 Å². The van der Waals surface area contributed by atoms with Crippen molar-refractivity contribution in [2.24, 2.45) is 5.92 Å². The van der Waals surface area contributed by atoms with Crippen molar-refractivity contribution in [1.29, 1.82) is 0 Å². The smallest absolute Gasteiger partial charge is 0.265 e. The van der Waals surface area contributed by atoms with Crippen molar-refractivity contribution in [2.45, 2.75) is 44.1 Å². The Balaban J connectivity index is 1.54. The van der Waals surface area contributed by atoms with E-state index in [4.69, 9.17) is 4.74 Å². The fourth-order valence-electron chi connectivity index (χ4n) is 4.62. The van der Waals surface area contributed by atoms with Crippen LogP contribution >= 0.6 is 0 Å². The second kappa shape index (κ2) is 8.99. The van der Waals surface area contributed by atoms with Gasteiger partial charge in [-0.15, -0.1) is 0 Å². The number of piperazine rings is 1. The molecular formula is C22H32N4O5S. The molecule has 2 amide bonds. The van der Waals surface area contributed by atoms with Crippen molar-refractivity contribution in [2.75, 3.05) is 51.6 Å². The minimum absolute atomic E-state index is 0.0528. The van der Waals surface area contributed by atoms with Gasteiger partial charge in [-0.3, -0.25) is 9.59 Å². The van der Waals surface area contributed by atoms with Crippen LogP contribution < -0.4 is 10.1 Å². The summed E-state index contributed by atoms with van der Waals surface area (Å²) in [6.45, 7) is 7.18. The molecule has 1 aromatic rings. The Kier molecular flexibility index (Phi) is 6.46. The van der Waals surface area contributed by atoms with Gasteiger partial charge in [0.25, 0.3) is 5.91 Å². The second-order valence-corrected chi connectivity index (χ2v) is 10.9. The van der Waals surface area contributed by atoms with E-state index >= 15 is 0 Å². The number of sulfonamides is 1. The zero-order valence-electron chi connectivity index (χ0n) is 19.0. The molecule has 10 heteroatoms. The lowest BCUT2D eigenvalue weighted by Crippen LogP contribution is -2.52. The van der Waals surface area contributed by atoms with Crippen molar-refractivity contribution in [3.63, 3.8) is 0 Å². The number of likely N-dealkylation sites (N-methyl/N-ethyl adjacent to an activating group) is 1. The Morgan fingerprint density at radius 1 is 1.19 bits per heavy atom. The number of benzene rings is 1. The standard InChI is InChI=1S/C22H32N4O5S/c1-4-18-21(27)23-17-12-15(2)20(13-19(17)31-18)32(29,30)26-7-5-6-16(14-26)22(28)25-10-8-24(3)9-11-25/h12-13,16,18H,4-11,14H2,1-3H3,(H,23,27)/t16-,18-/m1/s1. The zero-order valence-corrected chi connectivity index (χ0v) is 19.8. The topological polar surface area (TPSA) is 99.3 Å². The first-order valence-corrected chi connectivity index (χ1v) is 12.7. The molecule has 0 saturated carbocycles. The number of amides is 2. The maximum absolute atomic E-state index is 13.5. The number of aryl methyl sites for hydroxylation is 1. The molecule has 2 saturated heterocycles. The van der Waals surface area contributed by atoms with Gasteiger partial charge in [0.15, 0.2) is 6.10 Å². The number of ether oxygens (including phenoxy) is 1. The highest BCUT2D eigenvalue weighted by Gasteiger charge is 2.37. The van der Waals surface area contributed by atoms with Gasteiger partial charge in [-0.1, -0.05) is 6.92 Å². The number of piperidine rings is 1. The molecule has 3 aliphatic heterocycles. The number of carbonyl (C=O) groups is 2. The summed E-state index contributed by atoms with van der Waals surface area (Å²) in [7, 11) is -1.77. The molecule has 0 aliphatic carbocycles. The lowest BCUT2D eigenvalue weighted by Gasteiger charge is -2.37. The van der Waals surface area contributed by atoms with E-state index in [2.05, 4.69) is 10.2 Å². The third-order valence-electron chi connectivity index (χ3n) is 6.63. The maximum atomic E-state index is 13.5. The summed E-state index contributed by atoms with van der Waals surface area (Å²) < 4.78 is 34.3. The van der Waals surface area contributed by atoms with Crippen LogP contribution in [0.5, 0.6) is 5.75 Å². The number of hydrogen-bond acceptors (Lipinski definition) is 6. The number of carbonyl (C=O) groups excluding carboxylic acids is 2. The van der Waals surface area contributed by atoms with Crippen molar-refractivity contribution in [3.05, 3.63) is 17.7 Å². The summed E-state index contributed by atoms with van der Waals surface area (Å²) in [5.74, 6) is -0.129. The van der Waals surface area contributed by atoms with Gasteiger partial charge < -0.3 is 19.9 Å². The third-order valence-corrected chi connectivity index (χ3v) is 8.64. The summed E-state index contributed by atoms with van der Waals surface area (Å²) in [6.07, 6.45) is 1.20. The van der Waals surface area contributed by atoms with Crippen LogP contribution in [0.3, 0.4) is 0 Å². The van der Waals surface area contributed by atoms with Crippen LogP contribution in [0, 0.1) is 12.8 Å². The fraction of sp³-hybridized carbons (Fsp3) is 0.636. The lowest BCUT2D eigenvalue weighted by molar-refractivity contribution is -0.138. The van der Waals surface area contributed by atoms with Crippen LogP contribution in [0.1, 0.15) is 31.7 Å². The molecule has 0 aromatic heterocycles. The molecule has 9 nitrogen and oxygen atoms in total. The highest BCUT2D eigenvalue weighted by Crippen LogP contribution is 2.36. The predicted octanol–water partition coefficient (Wildman–Crippen LogP) is 1.28. The van der Waals surface area contributed by atoms with Gasteiger partial charge in [-0.05, 0) is 44.9 Å². The van der Waals surface area contributed by atoms with Gasteiger partial charge >= 0.3 is 0 Å². The highest BCUT2D eigenvalue weighted by atomic mass is 32.2. The van der Waals surface area contributed by atoms with Crippen LogP contribution in [0.4, 0.5) is 5.69 Å². The number of nitrogens with zero attached hydrogens (tertiary/aromatic N) is 3. The van der Waals surface area contributed by atoms with E-state index in [0.29, 0.717) is 55.9 Å². The minimum atomic E-state index is -3.81. The normalized spacial score (nSPS) is 25.1. The number of nitrogens with one attached hydrogen (secondary N) is 1. The molecule has 1 aromatic carbocycles. The summed E-state index contributed by atoms with van der Waals surface area (Å²) in [5.41, 5.74) is 1.02. The second-order valence-electron chi connectivity index (χ2n) is 8.95. The average Bonchev–Trinajstić information content (AvgIpc) is 2.78. The first kappa shape index (κ1) is 23.0. The summed E-state index contributed by atoms with van der Waals surface area (Å²) in [5, 5.41) is 2.80. The maximum Gasteiger partial charge on any atom is 0.265 e. The van der Waals surface area contributed by atoms with E-state index in [9.17, 15) is 18.0 Å². The van der Waals surface area contributed by atoms with E-state index in [1.165, 1.54) is 10.4 Å². The Hall–Kier alpha value is -2.17. The molecule has 0 radical (unpaired) electrons. The van der Waals surface area contributed by atoms with Gasteiger partial charge in [0.2, 0.25) is 15.9 Å². The van der Waals surface area contributed by atoms with E-state index in [1.54, 1.807) is 13.0 Å². The Morgan fingerprint density at radius 2 is 1.91 bits per heavy atom. The first-order chi connectivity index (χ1) is 15.2. The van der Waals surface area contributed by atoms with Crippen molar-refractivity contribution in [1.82, 2.24) is 14.1 Å². The molecule has 4 rings (SSSR count). The molecule has 0 bridgehead atoms. The number of fused-ring (bicyclic) bond motifs is 1. The number of anilines is 1. The number of rotatable bonds is 4. The Morgan fingerprint density at radius 3 is 2.59 bits per heavy atom. The monoisotopic (exact) mass is 464 g/mol.